The van der Waals surface area contributed by atoms with Gasteiger partial charge in [-0.1, -0.05) is 12.1 Å². The van der Waals surface area contributed by atoms with Crippen LogP contribution in [0.25, 0.3) is 22.4 Å². The zero-order chi connectivity index (χ0) is 27.0. The molecule has 2 unspecified atom stereocenters. The van der Waals surface area contributed by atoms with E-state index in [2.05, 4.69) is 31.5 Å². The summed E-state index contributed by atoms with van der Waals surface area (Å²) in [6.45, 7) is 1.35. The molecule has 198 valence electrons. The van der Waals surface area contributed by atoms with E-state index >= 15 is 4.39 Å². The molecular formula is C27H27BrFN5O3S. The van der Waals surface area contributed by atoms with Crippen LogP contribution in [0.5, 0.6) is 5.75 Å². The minimum absolute atomic E-state index is 0.124. The Morgan fingerprint density at radius 3 is 2.63 bits per heavy atom. The van der Waals surface area contributed by atoms with Crippen LogP contribution < -0.4 is 15.4 Å². The van der Waals surface area contributed by atoms with E-state index in [-0.39, 0.29) is 29.7 Å². The molecular weight excluding hydrogens is 573 g/mol. The van der Waals surface area contributed by atoms with Gasteiger partial charge in [-0.15, -0.1) is 11.3 Å². The van der Waals surface area contributed by atoms with Crippen molar-refractivity contribution in [3.63, 3.8) is 0 Å². The summed E-state index contributed by atoms with van der Waals surface area (Å²) in [5.74, 6) is 0.0459. The second-order valence-electron chi connectivity index (χ2n) is 9.29. The molecule has 0 radical (unpaired) electrons. The van der Waals surface area contributed by atoms with E-state index in [1.165, 1.54) is 24.5 Å². The number of amides is 2. The molecule has 5 rings (SSSR count). The molecule has 2 aromatic carbocycles. The summed E-state index contributed by atoms with van der Waals surface area (Å²) in [5, 5.41) is 5.80. The van der Waals surface area contributed by atoms with Crippen LogP contribution in [-0.2, 0) is 0 Å². The molecule has 11 heteroatoms. The number of likely N-dealkylation sites (tertiary alicyclic amines) is 1. The van der Waals surface area contributed by atoms with Crippen molar-refractivity contribution in [2.75, 3.05) is 34.3 Å². The zero-order valence-corrected chi connectivity index (χ0v) is 23.5. The number of aromatic nitrogens is 2. The number of fused-ring (bicyclic) bond motifs is 1. The fourth-order valence-corrected chi connectivity index (χ4v) is 6.37. The van der Waals surface area contributed by atoms with E-state index in [0.29, 0.717) is 52.6 Å². The lowest BCUT2D eigenvalue weighted by Gasteiger charge is -2.37. The molecule has 3 heterocycles. The third kappa shape index (κ3) is 5.05. The molecule has 2 amide bonds. The molecule has 2 N–H and O–H groups in total. The van der Waals surface area contributed by atoms with E-state index in [1.54, 1.807) is 43.4 Å². The van der Waals surface area contributed by atoms with Crippen LogP contribution >= 0.6 is 27.3 Å². The van der Waals surface area contributed by atoms with Crippen molar-refractivity contribution in [3.05, 3.63) is 68.6 Å². The lowest BCUT2D eigenvalue weighted by atomic mass is 9.99. The number of likely N-dealkylation sites (N-methyl/N-ethyl adjacent to an activating group) is 1. The summed E-state index contributed by atoms with van der Waals surface area (Å²) in [5.41, 5.74) is 1.99. The molecule has 4 aromatic rings. The van der Waals surface area contributed by atoms with Gasteiger partial charge in [0.25, 0.3) is 11.8 Å². The number of hydrogen-bond donors (Lipinski definition) is 2. The van der Waals surface area contributed by atoms with Gasteiger partial charge < -0.3 is 24.8 Å². The number of halogens is 2. The maximum Gasteiger partial charge on any atom is 0.261 e. The van der Waals surface area contributed by atoms with Gasteiger partial charge in [0.1, 0.15) is 17.4 Å². The third-order valence-electron chi connectivity index (χ3n) is 6.71. The topological polar surface area (TPSA) is 88.5 Å². The van der Waals surface area contributed by atoms with E-state index in [0.717, 1.165) is 9.30 Å². The smallest absolute Gasteiger partial charge is 0.261 e. The number of nitrogens with zero attached hydrogens (tertiary/aromatic N) is 3. The van der Waals surface area contributed by atoms with Crippen LogP contribution in [0.1, 0.15) is 32.5 Å². The van der Waals surface area contributed by atoms with E-state index < -0.39 is 0 Å². The Morgan fingerprint density at radius 1 is 1.16 bits per heavy atom. The van der Waals surface area contributed by atoms with Crippen molar-refractivity contribution >= 4 is 50.1 Å². The highest BCUT2D eigenvalue weighted by atomic mass is 79.9. The quantitative estimate of drug-likeness (QED) is 0.335. The Kier molecular flexibility index (Phi) is 7.51. The van der Waals surface area contributed by atoms with Crippen LogP contribution in [0, 0.1) is 5.82 Å². The molecule has 1 fully saturated rings. The Labute approximate surface area is 231 Å². The average molecular weight is 601 g/mol. The first-order valence-corrected chi connectivity index (χ1v) is 13.7. The molecule has 2 aromatic heterocycles. The molecule has 1 aliphatic heterocycles. The van der Waals surface area contributed by atoms with Gasteiger partial charge in [-0.2, -0.15) is 0 Å². The third-order valence-corrected chi connectivity index (χ3v) is 8.33. The predicted molar refractivity (Wildman–Crippen MR) is 149 cm³/mol. The first-order chi connectivity index (χ1) is 18.3. The number of hydrogen-bond acceptors (Lipinski definition) is 6. The molecule has 1 aliphatic rings. The maximum atomic E-state index is 15.1. The first-order valence-electron chi connectivity index (χ1n) is 12.1. The van der Waals surface area contributed by atoms with Crippen molar-refractivity contribution < 1.29 is 18.7 Å². The van der Waals surface area contributed by atoms with Crippen LogP contribution in [0.15, 0.2) is 52.3 Å². The van der Waals surface area contributed by atoms with E-state index in [4.69, 9.17) is 9.72 Å². The van der Waals surface area contributed by atoms with Gasteiger partial charge in [0.05, 0.1) is 44.0 Å². The Balaban J connectivity index is 1.60. The summed E-state index contributed by atoms with van der Waals surface area (Å²) < 4.78 is 23.5. The van der Waals surface area contributed by atoms with Crippen molar-refractivity contribution in [2.24, 2.45) is 0 Å². The highest BCUT2D eigenvalue weighted by Gasteiger charge is 2.32. The van der Waals surface area contributed by atoms with Crippen molar-refractivity contribution in [3.8, 4) is 17.1 Å². The number of thiophene rings is 1. The normalized spacial score (nSPS) is 17.9. The molecule has 0 bridgehead atoms. The summed E-state index contributed by atoms with van der Waals surface area (Å²) in [6.07, 6.45) is 0.620. The maximum absolute atomic E-state index is 15.1. The Morgan fingerprint density at radius 2 is 1.95 bits per heavy atom. The Hall–Kier alpha value is -3.28. The van der Waals surface area contributed by atoms with Gasteiger partial charge in [-0.05, 0) is 59.7 Å². The summed E-state index contributed by atoms with van der Waals surface area (Å²) in [7, 11) is 5.06. The van der Waals surface area contributed by atoms with Gasteiger partial charge in [-0.25, -0.2) is 9.37 Å². The lowest BCUT2D eigenvalue weighted by Crippen LogP contribution is -2.49. The lowest BCUT2D eigenvalue weighted by molar-refractivity contribution is 0.0897. The first kappa shape index (κ1) is 26.3. The molecule has 8 nitrogen and oxygen atoms in total. The number of carbonyl (C=O) groups is 2. The van der Waals surface area contributed by atoms with Crippen LogP contribution in [-0.4, -0.2) is 66.6 Å². The van der Waals surface area contributed by atoms with Crippen molar-refractivity contribution in [1.82, 2.24) is 25.1 Å². The van der Waals surface area contributed by atoms with Crippen molar-refractivity contribution in [2.45, 2.75) is 18.5 Å². The monoisotopic (exact) mass is 599 g/mol. The van der Waals surface area contributed by atoms with Gasteiger partial charge in [0, 0.05) is 32.2 Å². The molecule has 0 aliphatic carbocycles. The number of piperidine rings is 1. The number of carbonyl (C=O) groups excluding carboxylic acids is 2. The second-order valence-corrected chi connectivity index (χ2v) is 11.8. The van der Waals surface area contributed by atoms with Gasteiger partial charge in [0.2, 0.25) is 0 Å². The van der Waals surface area contributed by atoms with Gasteiger partial charge in [-0.3, -0.25) is 9.59 Å². The highest BCUT2D eigenvalue weighted by Crippen LogP contribution is 2.36. The summed E-state index contributed by atoms with van der Waals surface area (Å²) in [4.78, 5) is 33.0. The molecule has 2 atom stereocenters. The van der Waals surface area contributed by atoms with Crippen LogP contribution in [0.4, 0.5) is 4.39 Å². The molecule has 1 saturated heterocycles. The summed E-state index contributed by atoms with van der Waals surface area (Å²) >= 11 is 4.80. The van der Waals surface area contributed by atoms with E-state index in [9.17, 15) is 9.59 Å². The van der Waals surface area contributed by atoms with Gasteiger partial charge >= 0.3 is 0 Å². The summed E-state index contributed by atoms with van der Waals surface area (Å²) in [6, 6.07) is 13.4. The van der Waals surface area contributed by atoms with Crippen molar-refractivity contribution in [1.29, 1.82) is 0 Å². The van der Waals surface area contributed by atoms with Gasteiger partial charge in [0.15, 0.2) is 0 Å². The zero-order valence-electron chi connectivity index (χ0n) is 21.1. The minimum atomic E-state index is -0.389. The fourth-order valence-electron chi connectivity index (χ4n) is 5.08. The SMILES string of the molecule is CNC(=O)c1cc2nc(-c3ccccc3F)n(C3CC(NC(=O)c4ccc(Br)s4)CN(C)C3)c2cc1OC. The Bertz CT molecular complexity index is 1520. The van der Waals surface area contributed by atoms with Crippen LogP contribution in [0.3, 0.4) is 0 Å². The highest BCUT2D eigenvalue weighted by molar-refractivity contribution is 9.11. The number of rotatable bonds is 6. The second kappa shape index (κ2) is 10.8. The number of nitrogens with one attached hydrogen (secondary N) is 2. The standard InChI is InChI=1S/C27H27BrFN5O3S/c1-30-26(35)18-11-20-21(12-22(18)37-3)34(25(32-20)17-6-4-5-7-19(17)29)16-10-15(13-33(2)14-16)31-27(36)23-8-9-24(28)38-23/h4-9,11-12,15-16H,10,13-14H2,1-3H3,(H,30,35)(H,31,36). The largest absolute Gasteiger partial charge is 0.496 e. The molecule has 0 saturated carbocycles. The minimum Gasteiger partial charge on any atom is -0.496 e. The number of imidazole rings is 1. The molecule has 0 spiro atoms. The predicted octanol–water partition coefficient (Wildman–Crippen LogP) is 4.71. The number of benzene rings is 2. The molecule has 38 heavy (non-hydrogen) atoms. The average Bonchev–Trinajstić information content (AvgIpc) is 3.50. The number of methoxy groups -OCH3 is 1. The fraction of sp³-hybridized carbons (Fsp3) is 0.296. The van der Waals surface area contributed by atoms with E-state index in [1.807, 2.05) is 17.7 Å². The number of ether oxygens (including phenoxy) is 1. The van der Waals surface area contributed by atoms with Crippen LogP contribution in [0.2, 0.25) is 0 Å².